The van der Waals surface area contributed by atoms with Crippen molar-refractivity contribution in [1.29, 1.82) is 0 Å². The van der Waals surface area contributed by atoms with Crippen molar-refractivity contribution in [2.75, 3.05) is 0 Å². The van der Waals surface area contributed by atoms with Crippen molar-refractivity contribution in [3.05, 3.63) is 41.8 Å². The molecule has 1 fully saturated rings. The van der Waals surface area contributed by atoms with Crippen molar-refractivity contribution in [3.63, 3.8) is 0 Å². The first kappa shape index (κ1) is 11.0. The van der Waals surface area contributed by atoms with Crippen molar-refractivity contribution in [2.45, 2.75) is 25.2 Å². The molecule has 0 aliphatic heterocycles. The van der Waals surface area contributed by atoms with Crippen molar-refractivity contribution < 1.29 is 14.3 Å². The first-order chi connectivity index (χ1) is 8.63. The fourth-order valence-corrected chi connectivity index (χ4v) is 2.12. The average molecular weight is 243 g/mol. The summed E-state index contributed by atoms with van der Waals surface area (Å²) in [6.45, 7) is 1.98. The Morgan fingerprint density at radius 2 is 2.11 bits per heavy atom. The third-order valence-electron chi connectivity index (χ3n) is 3.51. The summed E-state index contributed by atoms with van der Waals surface area (Å²) in [7, 11) is 0. The Morgan fingerprint density at radius 3 is 2.72 bits per heavy atom. The van der Waals surface area contributed by atoms with Crippen molar-refractivity contribution in [1.82, 2.24) is 4.98 Å². The number of aromatic nitrogens is 1. The second kappa shape index (κ2) is 3.70. The van der Waals surface area contributed by atoms with Gasteiger partial charge in [-0.2, -0.15) is 0 Å². The monoisotopic (exact) mass is 243 g/mol. The molecule has 0 radical (unpaired) electrons. The topological polar surface area (TPSA) is 63.3 Å². The van der Waals surface area contributed by atoms with Crippen LogP contribution >= 0.6 is 0 Å². The molecule has 0 amide bonds. The second-order valence-electron chi connectivity index (χ2n) is 4.73. The normalized spacial score (nSPS) is 16.5. The van der Waals surface area contributed by atoms with E-state index in [1.165, 1.54) is 0 Å². The van der Waals surface area contributed by atoms with Crippen molar-refractivity contribution in [2.24, 2.45) is 0 Å². The fourth-order valence-electron chi connectivity index (χ4n) is 2.12. The Morgan fingerprint density at radius 1 is 1.39 bits per heavy atom. The SMILES string of the molecule is Cc1ccccc1-c1ncc(C2(C(=O)O)CC2)o1. The molecule has 1 aromatic heterocycles. The number of hydrogen-bond acceptors (Lipinski definition) is 3. The molecule has 18 heavy (non-hydrogen) atoms. The molecule has 0 saturated heterocycles. The van der Waals surface area contributed by atoms with Crippen LogP contribution in [0.1, 0.15) is 24.2 Å². The summed E-state index contributed by atoms with van der Waals surface area (Å²) >= 11 is 0. The van der Waals surface area contributed by atoms with E-state index in [-0.39, 0.29) is 0 Å². The molecule has 92 valence electrons. The summed E-state index contributed by atoms with van der Waals surface area (Å²) < 4.78 is 5.65. The first-order valence-corrected chi connectivity index (χ1v) is 5.89. The van der Waals surface area contributed by atoms with Gasteiger partial charge in [0, 0.05) is 5.56 Å². The predicted molar refractivity (Wildman–Crippen MR) is 65.2 cm³/mol. The summed E-state index contributed by atoms with van der Waals surface area (Å²) in [5.41, 5.74) is 1.14. The standard InChI is InChI=1S/C14H13NO3/c1-9-4-2-3-5-10(9)12-15-8-11(18-12)14(6-7-14)13(16)17/h2-5,8H,6-7H2,1H3,(H,16,17). The lowest BCUT2D eigenvalue weighted by molar-refractivity contribution is -0.140. The fraction of sp³-hybridized carbons (Fsp3) is 0.286. The number of carboxylic acid groups (broad SMARTS) is 1. The Bertz CT molecular complexity index is 611. The zero-order valence-corrected chi connectivity index (χ0v) is 10.0. The number of aryl methyl sites for hydroxylation is 1. The zero-order valence-electron chi connectivity index (χ0n) is 10.0. The lowest BCUT2D eigenvalue weighted by atomic mass is 10.1. The van der Waals surface area contributed by atoms with Crippen LogP contribution < -0.4 is 0 Å². The first-order valence-electron chi connectivity index (χ1n) is 5.89. The van der Waals surface area contributed by atoms with Gasteiger partial charge in [0.05, 0.1) is 6.20 Å². The molecular weight excluding hydrogens is 230 g/mol. The molecule has 1 N–H and O–H groups in total. The number of carboxylic acids is 1. The van der Waals surface area contributed by atoms with Gasteiger partial charge in [-0.05, 0) is 31.4 Å². The molecule has 2 aromatic rings. The highest BCUT2D eigenvalue weighted by molar-refractivity contribution is 5.84. The minimum absolute atomic E-state index is 0.466. The summed E-state index contributed by atoms with van der Waals surface area (Å²) in [5, 5.41) is 9.20. The summed E-state index contributed by atoms with van der Waals surface area (Å²) in [4.78, 5) is 15.4. The molecular formula is C14H13NO3. The average Bonchev–Trinajstić information content (AvgIpc) is 3.03. The number of rotatable bonds is 3. The number of carbonyl (C=O) groups is 1. The molecule has 1 aliphatic rings. The molecule has 0 atom stereocenters. The van der Waals surface area contributed by atoms with E-state index >= 15 is 0 Å². The number of nitrogens with zero attached hydrogens (tertiary/aromatic N) is 1. The number of hydrogen-bond donors (Lipinski definition) is 1. The van der Waals surface area contributed by atoms with Crippen molar-refractivity contribution >= 4 is 5.97 Å². The molecule has 1 aliphatic carbocycles. The van der Waals surface area contributed by atoms with E-state index in [1.807, 2.05) is 31.2 Å². The molecule has 3 rings (SSSR count). The Balaban J connectivity index is 2.01. The van der Waals surface area contributed by atoms with E-state index in [1.54, 1.807) is 6.20 Å². The van der Waals surface area contributed by atoms with Gasteiger partial charge in [0.1, 0.15) is 11.2 Å². The Hall–Kier alpha value is -2.10. The highest BCUT2D eigenvalue weighted by atomic mass is 16.4. The van der Waals surface area contributed by atoms with E-state index in [9.17, 15) is 9.90 Å². The molecule has 1 heterocycles. The number of benzene rings is 1. The number of aliphatic carboxylic acids is 1. The smallest absolute Gasteiger partial charge is 0.317 e. The zero-order chi connectivity index (χ0) is 12.8. The molecule has 4 heteroatoms. The highest BCUT2D eigenvalue weighted by Gasteiger charge is 2.55. The Labute approximate surface area is 104 Å². The molecule has 0 unspecified atom stereocenters. The lowest BCUT2D eigenvalue weighted by Crippen LogP contribution is -2.18. The van der Waals surface area contributed by atoms with Crippen LogP contribution in [0, 0.1) is 6.92 Å². The van der Waals surface area contributed by atoms with Gasteiger partial charge in [-0.15, -0.1) is 0 Å². The number of oxazole rings is 1. The van der Waals surface area contributed by atoms with Crippen LogP contribution in [0.25, 0.3) is 11.5 Å². The van der Waals surface area contributed by atoms with Gasteiger partial charge in [0.25, 0.3) is 0 Å². The molecule has 4 nitrogen and oxygen atoms in total. The summed E-state index contributed by atoms with van der Waals surface area (Å²) in [5.74, 6) is 0.138. The maximum absolute atomic E-state index is 11.2. The van der Waals surface area contributed by atoms with Crippen LogP contribution in [0.4, 0.5) is 0 Å². The third kappa shape index (κ3) is 1.53. The van der Waals surface area contributed by atoms with Crippen LogP contribution in [0.15, 0.2) is 34.9 Å². The summed E-state index contributed by atoms with van der Waals surface area (Å²) in [6.07, 6.45) is 2.80. The van der Waals surface area contributed by atoms with Gasteiger partial charge in [0.2, 0.25) is 5.89 Å². The van der Waals surface area contributed by atoms with Crippen molar-refractivity contribution in [3.8, 4) is 11.5 Å². The predicted octanol–water partition coefficient (Wildman–Crippen LogP) is 2.77. The van der Waals surface area contributed by atoms with E-state index in [4.69, 9.17) is 4.42 Å². The minimum Gasteiger partial charge on any atom is -0.480 e. The van der Waals surface area contributed by atoms with Gasteiger partial charge >= 0.3 is 5.97 Å². The van der Waals surface area contributed by atoms with Gasteiger partial charge in [-0.3, -0.25) is 4.79 Å². The largest absolute Gasteiger partial charge is 0.480 e. The van der Waals surface area contributed by atoms with E-state index in [2.05, 4.69) is 4.98 Å². The third-order valence-corrected chi connectivity index (χ3v) is 3.51. The Kier molecular flexibility index (Phi) is 2.26. The van der Waals surface area contributed by atoms with Crippen LogP contribution in [-0.2, 0) is 10.2 Å². The van der Waals surface area contributed by atoms with Crippen LogP contribution in [0.5, 0.6) is 0 Å². The molecule has 1 aromatic carbocycles. The molecule has 0 bridgehead atoms. The molecule has 1 saturated carbocycles. The van der Waals surface area contributed by atoms with Gasteiger partial charge in [-0.25, -0.2) is 4.98 Å². The van der Waals surface area contributed by atoms with E-state index in [0.29, 0.717) is 24.5 Å². The van der Waals surface area contributed by atoms with Gasteiger partial charge in [-0.1, -0.05) is 18.2 Å². The van der Waals surface area contributed by atoms with Gasteiger partial charge in [0.15, 0.2) is 0 Å². The van der Waals surface area contributed by atoms with Gasteiger partial charge < -0.3 is 9.52 Å². The van der Waals surface area contributed by atoms with Crippen LogP contribution in [0.3, 0.4) is 0 Å². The van der Waals surface area contributed by atoms with Crippen LogP contribution in [-0.4, -0.2) is 16.1 Å². The maximum Gasteiger partial charge on any atom is 0.317 e. The quantitative estimate of drug-likeness (QED) is 0.900. The lowest BCUT2D eigenvalue weighted by Gasteiger charge is -2.04. The minimum atomic E-state index is -0.825. The summed E-state index contributed by atoms with van der Waals surface area (Å²) in [6, 6.07) is 7.76. The molecule has 0 spiro atoms. The van der Waals surface area contributed by atoms with E-state index in [0.717, 1.165) is 11.1 Å². The second-order valence-corrected chi connectivity index (χ2v) is 4.73. The van der Waals surface area contributed by atoms with Crippen LogP contribution in [0.2, 0.25) is 0 Å². The maximum atomic E-state index is 11.2. The highest BCUT2D eigenvalue weighted by Crippen LogP contribution is 2.49. The van der Waals surface area contributed by atoms with E-state index < -0.39 is 11.4 Å².